The van der Waals surface area contributed by atoms with Crippen LogP contribution in [0.4, 0.5) is 0 Å². The summed E-state index contributed by atoms with van der Waals surface area (Å²) < 4.78 is 0. The molecule has 0 aromatic rings. The lowest BCUT2D eigenvalue weighted by atomic mass is 9.87. The SMILES string of the molecule is CC1CCCC(NCCN(C)CC2CC2)C1. The largest absolute Gasteiger partial charge is 0.313 e. The van der Waals surface area contributed by atoms with Gasteiger partial charge in [-0.3, -0.25) is 0 Å². The molecule has 0 spiro atoms. The van der Waals surface area contributed by atoms with Crippen LogP contribution in [0.5, 0.6) is 0 Å². The van der Waals surface area contributed by atoms with Crippen LogP contribution in [0, 0.1) is 11.8 Å². The molecule has 2 fully saturated rings. The molecule has 2 heteroatoms. The summed E-state index contributed by atoms with van der Waals surface area (Å²) in [5, 5.41) is 3.73. The molecule has 0 saturated heterocycles. The van der Waals surface area contributed by atoms with Crippen LogP contribution in [0.1, 0.15) is 45.4 Å². The summed E-state index contributed by atoms with van der Waals surface area (Å²) in [4.78, 5) is 2.50. The van der Waals surface area contributed by atoms with Crippen molar-refractivity contribution in [2.45, 2.75) is 51.5 Å². The van der Waals surface area contributed by atoms with E-state index in [0.29, 0.717) is 0 Å². The summed E-state index contributed by atoms with van der Waals surface area (Å²) in [7, 11) is 2.27. The highest BCUT2D eigenvalue weighted by molar-refractivity contribution is 4.78. The average molecular weight is 224 g/mol. The van der Waals surface area contributed by atoms with Gasteiger partial charge in [-0.2, -0.15) is 0 Å². The van der Waals surface area contributed by atoms with Gasteiger partial charge in [0, 0.05) is 25.7 Å². The summed E-state index contributed by atoms with van der Waals surface area (Å²) in [6, 6.07) is 0.804. The molecule has 2 saturated carbocycles. The maximum absolute atomic E-state index is 3.73. The molecule has 0 aromatic carbocycles. The zero-order valence-corrected chi connectivity index (χ0v) is 11.0. The number of hydrogen-bond donors (Lipinski definition) is 1. The van der Waals surface area contributed by atoms with Crippen LogP contribution in [0.2, 0.25) is 0 Å². The third-order valence-electron chi connectivity index (χ3n) is 4.13. The van der Waals surface area contributed by atoms with E-state index in [2.05, 4.69) is 24.2 Å². The molecule has 2 aliphatic carbocycles. The van der Waals surface area contributed by atoms with E-state index in [0.717, 1.165) is 17.9 Å². The van der Waals surface area contributed by atoms with E-state index >= 15 is 0 Å². The number of hydrogen-bond acceptors (Lipinski definition) is 2. The van der Waals surface area contributed by atoms with Gasteiger partial charge >= 0.3 is 0 Å². The fraction of sp³-hybridized carbons (Fsp3) is 1.00. The minimum atomic E-state index is 0.804. The highest BCUT2D eigenvalue weighted by Gasteiger charge is 2.22. The van der Waals surface area contributed by atoms with Crippen LogP contribution in [-0.4, -0.2) is 37.6 Å². The van der Waals surface area contributed by atoms with Crippen molar-refractivity contribution in [3.05, 3.63) is 0 Å². The Balaban J connectivity index is 1.52. The second-order valence-corrected chi connectivity index (χ2v) is 6.13. The van der Waals surface area contributed by atoms with E-state index in [1.54, 1.807) is 0 Å². The van der Waals surface area contributed by atoms with E-state index in [-0.39, 0.29) is 0 Å². The normalized spacial score (nSPS) is 30.9. The molecule has 16 heavy (non-hydrogen) atoms. The highest BCUT2D eigenvalue weighted by atomic mass is 15.1. The molecule has 2 rings (SSSR count). The van der Waals surface area contributed by atoms with Gasteiger partial charge in [0.05, 0.1) is 0 Å². The van der Waals surface area contributed by atoms with Crippen LogP contribution < -0.4 is 5.32 Å². The molecule has 2 unspecified atom stereocenters. The number of rotatable bonds is 6. The van der Waals surface area contributed by atoms with Gasteiger partial charge in [-0.05, 0) is 44.6 Å². The Labute approximate surface area is 101 Å². The second kappa shape index (κ2) is 6.02. The lowest BCUT2D eigenvalue weighted by Crippen LogP contribution is -2.38. The number of nitrogens with zero attached hydrogens (tertiary/aromatic N) is 1. The molecule has 2 aliphatic rings. The van der Waals surface area contributed by atoms with E-state index in [9.17, 15) is 0 Å². The molecule has 0 heterocycles. The third-order valence-corrected chi connectivity index (χ3v) is 4.13. The van der Waals surface area contributed by atoms with Crippen molar-refractivity contribution in [2.75, 3.05) is 26.7 Å². The quantitative estimate of drug-likeness (QED) is 0.746. The summed E-state index contributed by atoms with van der Waals surface area (Å²) >= 11 is 0. The molecule has 0 aliphatic heterocycles. The van der Waals surface area contributed by atoms with Gasteiger partial charge < -0.3 is 10.2 Å². The molecule has 0 aromatic heterocycles. The maximum atomic E-state index is 3.73. The van der Waals surface area contributed by atoms with Gasteiger partial charge in [0.15, 0.2) is 0 Å². The van der Waals surface area contributed by atoms with Gasteiger partial charge in [-0.25, -0.2) is 0 Å². The first-order chi connectivity index (χ1) is 7.74. The lowest BCUT2D eigenvalue weighted by molar-refractivity contribution is 0.273. The van der Waals surface area contributed by atoms with Gasteiger partial charge in [-0.1, -0.05) is 19.8 Å². The van der Waals surface area contributed by atoms with Crippen molar-refractivity contribution in [1.82, 2.24) is 10.2 Å². The molecule has 2 atom stereocenters. The van der Waals surface area contributed by atoms with E-state index in [1.165, 1.54) is 58.2 Å². The first-order valence-electron chi connectivity index (χ1n) is 7.16. The van der Waals surface area contributed by atoms with Crippen molar-refractivity contribution in [3.8, 4) is 0 Å². The fourth-order valence-electron chi connectivity index (χ4n) is 2.91. The summed E-state index contributed by atoms with van der Waals surface area (Å²) in [6.45, 7) is 6.12. The summed E-state index contributed by atoms with van der Waals surface area (Å²) in [5.74, 6) is 1.97. The Hall–Kier alpha value is -0.0800. The van der Waals surface area contributed by atoms with Crippen molar-refractivity contribution in [1.29, 1.82) is 0 Å². The topological polar surface area (TPSA) is 15.3 Å². The van der Waals surface area contributed by atoms with Gasteiger partial charge in [0.25, 0.3) is 0 Å². The molecule has 0 amide bonds. The van der Waals surface area contributed by atoms with Crippen LogP contribution in [0.15, 0.2) is 0 Å². The summed E-state index contributed by atoms with van der Waals surface area (Å²) in [6.07, 6.45) is 8.61. The van der Waals surface area contributed by atoms with Crippen LogP contribution in [-0.2, 0) is 0 Å². The molecule has 0 radical (unpaired) electrons. The first kappa shape index (κ1) is 12.4. The molecule has 1 N–H and O–H groups in total. The van der Waals surface area contributed by atoms with E-state index in [4.69, 9.17) is 0 Å². The van der Waals surface area contributed by atoms with Gasteiger partial charge in [0.1, 0.15) is 0 Å². The Morgan fingerprint density at radius 2 is 2.00 bits per heavy atom. The van der Waals surface area contributed by atoms with E-state index in [1.807, 2.05) is 0 Å². The van der Waals surface area contributed by atoms with E-state index < -0.39 is 0 Å². The predicted molar refractivity (Wildman–Crippen MR) is 69.6 cm³/mol. The number of nitrogens with one attached hydrogen (secondary N) is 1. The van der Waals surface area contributed by atoms with Crippen molar-refractivity contribution in [3.63, 3.8) is 0 Å². The zero-order valence-electron chi connectivity index (χ0n) is 11.0. The second-order valence-electron chi connectivity index (χ2n) is 6.13. The third kappa shape index (κ3) is 4.42. The molecular weight excluding hydrogens is 196 g/mol. The Bertz CT molecular complexity index is 201. The average Bonchev–Trinajstić information content (AvgIpc) is 3.02. The molecule has 94 valence electrons. The zero-order chi connectivity index (χ0) is 11.4. The van der Waals surface area contributed by atoms with Gasteiger partial charge in [-0.15, -0.1) is 0 Å². The predicted octanol–water partition coefficient (Wildman–Crippen LogP) is 2.50. The van der Waals surface area contributed by atoms with Crippen molar-refractivity contribution in [2.24, 2.45) is 11.8 Å². The standard InChI is InChI=1S/C14H28N2/c1-12-4-3-5-14(10-12)15-8-9-16(2)11-13-6-7-13/h12-15H,3-11H2,1-2H3. The van der Waals surface area contributed by atoms with Crippen molar-refractivity contribution >= 4 is 0 Å². The fourth-order valence-corrected chi connectivity index (χ4v) is 2.91. The molecule has 2 nitrogen and oxygen atoms in total. The Kier molecular flexibility index (Phi) is 4.66. The minimum Gasteiger partial charge on any atom is -0.313 e. The lowest BCUT2D eigenvalue weighted by Gasteiger charge is -2.28. The number of likely N-dealkylation sites (N-methyl/N-ethyl adjacent to an activating group) is 1. The highest BCUT2D eigenvalue weighted by Crippen LogP contribution is 2.29. The molecular formula is C14H28N2. The van der Waals surface area contributed by atoms with Crippen LogP contribution >= 0.6 is 0 Å². The maximum Gasteiger partial charge on any atom is 0.0104 e. The Morgan fingerprint density at radius 3 is 2.69 bits per heavy atom. The van der Waals surface area contributed by atoms with Crippen molar-refractivity contribution < 1.29 is 0 Å². The first-order valence-corrected chi connectivity index (χ1v) is 7.16. The van der Waals surface area contributed by atoms with Crippen LogP contribution in [0.25, 0.3) is 0 Å². The van der Waals surface area contributed by atoms with Gasteiger partial charge in [0.2, 0.25) is 0 Å². The summed E-state index contributed by atoms with van der Waals surface area (Å²) in [5.41, 5.74) is 0. The smallest absolute Gasteiger partial charge is 0.0104 e. The van der Waals surface area contributed by atoms with Crippen LogP contribution in [0.3, 0.4) is 0 Å². The molecule has 0 bridgehead atoms. The Morgan fingerprint density at radius 1 is 1.19 bits per heavy atom. The minimum absolute atomic E-state index is 0.804. The monoisotopic (exact) mass is 224 g/mol.